The van der Waals surface area contributed by atoms with Crippen molar-refractivity contribution in [2.75, 3.05) is 0 Å². The van der Waals surface area contributed by atoms with E-state index in [2.05, 4.69) is 28.4 Å². The zero-order valence-corrected chi connectivity index (χ0v) is 8.74. The minimum atomic E-state index is 0.505. The van der Waals surface area contributed by atoms with Gasteiger partial charge in [0.25, 0.3) is 0 Å². The van der Waals surface area contributed by atoms with Crippen LogP contribution in [0.3, 0.4) is 0 Å². The molecule has 0 saturated carbocycles. The zero-order valence-electron chi connectivity index (χ0n) is 8.74. The van der Waals surface area contributed by atoms with Crippen LogP contribution in [-0.2, 0) is 0 Å². The Kier molecular flexibility index (Phi) is 2.37. The molecule has 0 saturated heterocycles. The van der Waals surface area contributed by atoms with Crippen molar-refractivity contribution in [3.8, 4) is 11.3 Å². The third kappa shape index (κ3) is 1.81. The van der Waals surface area contributed by atoms with Gasteiger partial charge in [0.2, 0.25) is 0 Å². The van der Waals surface area contributed by atoms with Gasteiger partial charge in [0, 0.05) is 5.56 Å². The van der Waals surface area contributed by atoms with Gasteiger partial charge < -0.3 is 0 Å². The van der Waals surface area contributed by atoms with Crippen LogP contribution in [0.5, 0.6) is 0 Å². The third-order valence-electron chi connectivity index (χ3n) is 2.39. The van der Waals surface area contributed by atoms with E-state index in [1.807, 2.05) is 13.8 Å². The van der Waals surface area contributed by atoms with Crippen LogP contribution in [0.4, 0.5) is 0 Å². The van der Waals surface area contributed by atoms with Gasteiger partial charge in [-0.1, -0.05) is 17.7 Å². The SMILES string of the molecule is Cc1ccc(C)c(-c2cc(C=O)[nH]n2)c1. The first kappa shape index (κ1) is 9.65. The van der Waals surface area contributed by atoms with Crippen LogP contribution < -0.4 is 0 Å². The van der Waals surface area contributed by atoms with Crippen molar-refractivity contribution in [3.05, 3.63) is 41.1 Å². The monoisotopic (exact) mass is 200 g/mol. The Labute approximate surface area is 88.1 Å². The second-order valence-electron chi connectivity index (χ2n) is 3.64. The van der Waals surface area contributed by atoms with Crippen molar-refractivity contribution in [1.82, 2.24) is 10.2 Å². The van der Waals surface area contributed by atoms with E-state index in [0.717, 1.165) is 23.1 Å². The molecule has 1 aromatic heterocycles. The van der Waals surface area contributed by atoms with E-state index in [1.54, 1.807) is 6.07 Å². The Hall–Kier alpha value is -1.90. The van der Waals surface area contributed by atoms with Gasteiger partial charge in [-0.15, -0.1) is 0 Å². The number of rotatable bonds is 2. The second kappa shape index (κ2) is 3.69. The number of aldehydes is 1. The summed E-state index contributed by atoms with van der Waals surface area (Å²) in [5.74, 6) is 0. The van der Waals surface area contributed by atoms with Gasteiger partial charge in [0.1, 0.15) is 0 Å². The van der Waals surface area contributed by atoms with Crippen molar-refractivity contribution in [3.63, 3.8) is 0 Å². The highest BCUT2D eigenvalue weighted by atomic mass is 16.1. The van der Waals surface area contributed by atoms with Crippen LogP contribution in [0.2, 0.25) is 0 Å². The van der Waals surface area contributed by atoms with Gasteiger partial charge in [0.15, 0.2) is 6.29 Å². The summed E-state index contributed by atoms with van der Waals surface area (Å²) in [4.78, 5) is 10.5. The Morgan fingerprint density at radius 3 is 2.73 bits per heavy atom. The maximum Gasteiger partial charge on any atom is 0.167 e. The van der Waals surface area contributed by atoms with E-state index >= 15 is 0 Å². The number of carbonyl (C=O) groups excluding carboxylic acids is 1. The highest BCUT2D eigenvalue weighted by molar-refractivity contribution is 5.76. The molecule has 0 atom stereocenters. The average Bonchev–Trinajstić information content (AvgIpc) is 2.70. The molecule has 0 aliphatic carbocycles. The molecule has 0 amide bonds. The molecule has 1 N–H and O–H groups in total. The number of carbonyl (C=O) groups is 1. The second-order valence-corrected chi connectivity index (χ2v) is 3.64. The van der Waals surface area contributed by atoms with E-state index in [1.165, 1.54) is 5.56 Å². The Morgan fingerprint density at radius 1 is 1.27 bits per heavy atom. The highest BCUT2D eigenvalue weighted by Crippen LogP contribution is 2.22. The molecule has 0 unspecified atom stereocenters. The number of aromatic nitrogens is 2. The van der Waals surface area contributed by atoms with Crippen LogP contribution in [0.25, 0.3) is 11.3 Å². The number of benzene rings is 1. The number of hydrogen-bond donors (Lipinski definition) is 1. The molecule has 0 radical (unpaired) electrons. The van der Waals surface area contributed by atoms with E-state index in [9.17, 15) is 4.79 Å². The summed E-state index contributed by atoms with van der Waals surface area (Å²) in [6.45, 7) is 4.07. The van der Waals surface area contributed by atoms with Crippen molar-refractivity contribution < 1.29 is 4.79 Å². The van der Waals surface area contributed by atoms with Crippen LogP contribution >= 0.6 is 0 Å². The molecular weight excluding hydrogens is 188 g/mol. The molecular formula is C12H12N2O. The summed E-state index contributed by atoms with van der Waals surface area (Å²) in [6.07, 6.45) is 0.766. The molecule has 76 valence electrons. The van der Waals surface area contributed by atoms with Gasteiger partial charge in [0.05, 0.1) is 11.4 Å². The number of nitrogens with zero attached hydrogens (tertiary/aromatic N) is 1. The molecule has 1 heterocycles. The molecule has 0 fully saturated rings. The summed E-state index contributed by atoms with van der Waals surface area (Å²) in [5, 5.41) is 6.79. The van der Waals surface area contributed by atoms with Crippen LogP contribution in [0, 0.1) is 13.8 Å². The molecule has 3 heteroatoms. The summed E-state index contributed by atoms with van der Waals surface area (Å²) in [7, 11) is 0. The first-order valence-corrected chi connectivity index (χ1v) is 4.79. The van der Waals surface area contributed by atoms with Crippen molar-refractivity contribution in [1.29, 1.82) is 0 Å². The Bertz CT molecular complexity index is 500. The minimum Gasteiger partial charge on any atom is -0.296 e. The first-order valence-electron chi connectivity index (χ1n) is 4.79. The fraction of sp³-hybridized carbons (Fsp3) is 0.167. The lowest BCUT2D eigenvalue weighted by molar-refractivity contribution is 0.111. The van der Waals surface area contributed by atoms with E-state index in [4.69, 9.17) is 0 Å². The average molecular weight is 200 g/mol. The molecule has 2 aromatic rings. The number of aryl methyl sites for hydroxylation is 2. The molecule has 0 spiro atoms. The summed E-state index contributed by atoms with van der Waals surface area (Å²) in [5.41, 5.74) is 4.74. The highest BCUT2D eigenvalue weighted by Gasteiger charge is 2.06. The van der Waals surface area contributed by atoms with Crippen LogP contribution in [-0.4, -0.2) is 16.5 Å². The topological polar surface area (TPSA) is 45.8 Å². The summed E-state index contributed by atoms with van der Waals surface area (Å²) < 4.78 is 0. The lowest BCUT2D eigenvalue weighted by Crippen LogP contribution is -1.84. The van der Waals surface area contributed by atoms with E-state index in [0.29, 0.717) is 5.69 Å². The predicted molar refractivity (Wildman–Crippen MR) is 58.9 cm³/mol. The normalized spacial score (nSPS) is 10.3. The fourth-order valence-corrected chi connectivity index (χ4v) is 1.55. The van der Waals surface area contributed by atoms with Gasteiger partial charge >= 0.3 is 0 Å². The van der Waals surface area contributed by atoms with Gasteiger partial charge in [-0.25, -0.2) is 0 Å². The number of nitrogens with one attached hydrogen (secondary N) is 1. The van der Waals surface area contributed by atoms with Crippen molar-refractivity contribution in [2.24, 2.45) is 0 Å². The quantitative estimate of drug-likeness (QED) is 0.757. The molecule has 0 bridgehead atoms. The first-order chi connectivity index (χ1) is 7.20. The van der Waals surface area contributed by atoms with Gasteiger partial charge in [-0.05, 0) is 31.5 Å². The molecule has 2 rings (SSSR count). The summed E-state index contributed by atoms with van der Waals surface area (Å²) >= 11 is 0. The lowest BCUT2D eigenvalue weighted by Gasteiger charge is -2.02. The molecule has 0 aliphatic rings. The molecule has 1 aromatic carbocycles. The van der Waals surface area contributed by atoms with Gasteiger partial charge in [-0.2, -0.15) is 5.10 Å². The van der Waals surface area contributed by atoms with E-state index < -0.39 is 0 Å². The number of hydrogen-bond acceptors (Lipinski definition) is 2. The number of aromatic amines is 1. The molecule has 0 aliphatic heterocycles. The Morgan fingerprint density at radius 2 is 2.07 bits per heavy atom. The van der Waals surface area contributed by atoms with E-state index in [-0.39, 0.29) is 0 Å². The van der Waals surface area contributed by atoms with Crippen LogP contribution in [0.15, 0.2) is 24.3 Å². The maximum absolute atomic E-state index is 10.5. The maximum atomic E-state index is 10.5. The lowest BCUT2D eigenvalue weighted by atomic mass is 10.0. The number of H-pyrrole nitrogens is 1. The largest absolute Gasteiger partial charge is 0.296 e. The fourth-order valence-electron chi connectivity index (χ4n) is 1.55. The minimum absolute atomic E-state index is 0.505. The van der Waals surface area contributed by atoms with Crippen molar-refractivity contribution >= 4 is 6.29 Å². The van der Waals surface area contributed by atoms with Crippen LogP contribution in [0.1, 0.15) is 21.6 Å². The zero-order chi connectivity index (χ0) is 10.8. The summed E-state index contributed by atoms with van der Waals surface area (Å²) in [6, 6.07) is 7.95. The Balaban J connectivity index is 2.52. The molecule has 15 heavy (non-hydrogen) atoms. The third-order valence-corrected chi connectivity index (χ3v) is 2.39. The smallest absolute Gasteiger partial charge is 0.167 e. The standard InChI is InChI=1S/C12H12N2O/c1-8-3-4-9(2)11(5-8)12-6-10(7-15)13-14-12/h3-7H,1-2H3,(H,13,14). The predicted octanol–water partition coefficient (Wildman–Crippen LogP) is 2.51. The molecule has 3 nitrogen and oxygen atoms in total. The van der Waals surface area contributed by atoms with Gasteiger partial charge in [-0.3, -0.25) is 9.89 Å². The van der Waals surface area contributed by atoms with Crippen molar-refractivity contribution in [2.45, 2.75) is 13.8 Å².